The molecule has 1 fully saturated rings. The van der Waals surface area contributed by atoms with Gasteiger partial charge in [-0.3, -0.25) is 9.69 Å². The van der Waals surface area contributed by atoms with Gasteiger partial charge in [0.1, 0.15) is 0 Å². The average Bonchev–Trinajstić information content (AvgIpc) is 2.86. The van der Waals surface area contributed by atoms with Gasteiger partial charge in [-0.1, -0.05) is 26.0 Å². The summed E-state index contributed by atoms with van der Waals surface area (Å²) in [6.45, 7) is 6.78. The quantitative estimate of drug-likeness (QED) is 0.845. The van der Waals surface area contributed by atoms with Crippen molar-refractivity contribution in [2.75, 3.05) is 32.0 Å². The number of halogens is 1. The highest BCUT2D eigenvalue weighted by Gasteiger charge is 2.25. The van der Waals surface area contributed by atoms with Crippen LogP contribution in [0.3, 0.4) is 0 Å². The van der Waals surface area contributed by atoms with Crippen molar-refractivity contribution in [1.29, 1.82) is 0 Å². The Hall–Kier alpha value is -1.10. The molecule has 1 heterocycles. The maximum atomic E-state index is 12.2. The van der Waals surface area contributed by atoms with Gasteiger partial charge in [-0.15, -0.1) is 12.4 Å². The van der Waals surface area contributed by atoms with Crippen LogP contribution in [0.2, 0.25) is 0 Å². The Morgan fingerprint density at radius 1 is 1.41 bits per heavy atom. The second-order valence-corrected chi connectivity index (χ2v) is 6.15. The van der Waals surface area contributed by atoms with Crippen molar-refractivity contribution in [3.05, 3.63) is 29.8 Å². The fourth-order valence-electron chi connectivity index (χ4n) is 2.93. The van der Waals surface area contributed by atoms with Crippen LogP contribution < -0.4 is 10.6 Å². The highest BCUT2D eigenvalue weighted by Crippen LogP contribution is 2.19. The van der Waals surface area contributed by atoms with Gasteiger partial charge < -0.3 is 10.6 Å². The maximum absolute atomic E-state index is 12.2. The number of likely N-dealkylation sites (tertiary alicyclic amines) is 1. The number of rotatable bonds is 6. The molecule has 0 radical (unpaired) electrons. The molecule has 0 aromatic heterocycles. The van der Waals surface area contributed by atoms with Crippen molar-refractivity contribution in [1.82, 2.24) is 10.2 Å². The highest BCUT2D eigenvalue weighted by molar-refractivity contribution is 5.92. The minimum absolute atomic E-state index is 0. The van der Waals surface area contributed by atoms with E-state index in [1.165, 1.54) is 18.4 Å². The summed E-state index contributed by atoms with van der Waals surface area (Å²) in [5, 5.41) is 6.23. The minimum atomic E-state index is 0. The monoisotopic (exact) mass is 325 g/mol. The molecule has 1 aromatic rings. The lowest BCUT2D eigenvalue weighted by Crippen LogP contribution is -2.41. The van der Waals surface area contributed by atoms with Crippen LogP contribution in [0.5, 0.6) is 0 Å². The molecule has 0 aliphatic carbocycles. The summed E-state index contributed by atoms with van der Waals surface area (Å²) >= 11 is 0. The molecule has 1 aromatic carbocycles. The molecule has 22 heavy (non-hydrogen) atoms. The van der Waals surface area contributed by atoms with E-state index >= 15 is 0 Å². The molecule has 1 aliphatic heterocycles. The summed E-state index contributed by atoms with van der Waals surface area (Å²) in [4.78, 5) is 14.5. The van der Waals surface area contributed by atoms with Crippen molar-refractivity contribution < 1.29 is 4.79 Å². The van der Waals surface area contributed by atoms with Crippen LogP contribution in [0.15, 0.2) is 24.3 Å². The van der Waals surface area contributed by atoms with E-state index in [0.29, 0.717) is 18.5 Å². The Morgan fingerprint density at radius 3 is 2.86 bits per heavy atom. The Labute approximate surface area is 140 Å². The van der Waals surface area contributed by atoms with Gasteiger partial charge in [0.05, 0.1) is 6.54 Å². The predicted molar refractivity (Wildman–Crippen MR) is 94.9 cm³/mol. The maximum Gasteiger partial charge on any atom is 0.238 e. The molecule has 0 spiro atoms. The fourth-order valence-corrected chi connectivity index (χ4v) is 2.93. The number of nitrogens with one attached hydrogen (secondary N) is 2. The zero-order chi connectivity index (χ0) is 15.2. The Morgan fingerprint density at radius 2 is 2.18 bits per heavy atom. The molecule has 0 saturated carbocycles. The highest BCUT2D eigenvalue weighted by atomic mass is 35.5. The SMILES string of the molecule is CNCC1CCCN1CC(=O)Nc1cccc(C(C)C)c1.Cl. The largest absolute Gasteiger partial charge is 0.325 e. The van der Waals surface area contributed by atoms with Crippen LogP contribution in [0.1, 0.15) is 38.2 Å². The van der Waals surface area contributed by atoms with E-state index in [0.717, 1.165) is 18.8 Å². The smallest absolute Gasteiger partial charge is 0.238 e. The van der Waals surface area contributed by atoms with E-state index in [9.17, 15) is 4.79 Å². The molecule has 1 amide bonds. The van der Waals surface area contributed by atoms with Crippen LogP contribution >= 0.6 is 12.4 Å². The van der Waals surface area contributed by atoms with E-state index in [-0.39, 0.29) is 18.3 Å². The van der Waals surface area contributed by atoms with Gasteiger partial charge in [-0.05, 0) is 50.0 Å². The summed E-state index contributed by atoms with van der Waals surface area (Å²) in [7, 11) is 1.97. The second kappa shape index (κ2) is 9.13. The van der Waals surface area contributed by atoms with E-state index < -0.39 is 0 Å². The van der Waals surface area contributed by atoms with E-state index in [1.807, 2.05) is 19.2 Å². The number of hydrogen-bond acceptors (Lipinski definition) is 3. The first-order valence-corrected chi connectivity index (χ1v) is 7.88. The molecule has 4 nitrogen and oxygen atoms in total. The van der Waals surface area contributed by atoms with E-state index in [4.69, 9.17) is 0 Å². The summed E-state index contributed by atoms with van der Waals surface area (Å²) in [5.74, 6) is 0.555. The van der Waals surface area contributed by atoms with Crippen LogP contribution in [0, 0.1) is 0 Å². The summed E-state index contributed by atoms with van der Waals surface area (Å²) in [6.07, 6.45) is 2.36. The number of amides is 1. The number of nitrogens with zero attached hydrogens (tertiary/aromatic N) is 1. The second-order valence-electron chi connectivity index (χ2n) is 6.15. The molecule has 124 valence electrons. The van der Waals surface area contributed by atoms with Crippen molar-refractivity contribution in [2.45, 2.75) is 38.6 Å². The Balaban J connectivity index is 0.00000242. The summed E-state index contributed by atoms with van der Waals surface area (Å²) in [5.41, 5.74) is 2.15. The van der Waals surface area contributed by atoms with Gasteiger partial charge >= 0.3 is 0 Å². The van der Waals surface area contributed by atoms with Gasteiger partial charge in [0.2, 0.25) is 5.91 Å². The average molecular weight is 326 g/mol. The first-order chi connectivity index (χ1) is 10.1. The van der Waals surface area contributed by atoms with Gasteiger partial charge in [0, 0.05) is 18.3 Å². The number of likely N-dealkylation sites (N-methyl/N-ethyl adjacent to an activating group) is 1. The lowest BCUT2D eigenvalue weighted by Gasteiger charge is -2.23. The first-order valence-electron chi connectivity index (χ1n) is 7.88. The third-order valence-electron chi connectivity index (χ3n) is 4.12. The third-order valence-corrected chi connectivity index (χ3v) is 4.12. The topological polar surface area (TPSA) is 44.4 Å². The third kappa shape index (κ3) is 5.27. The normalized spacial score (nSPS) is 18.3. The lowest BCUT2D eigenvalue weighted by atomic mass is 10.0. The molecule has 1 unspecified atom stereocenters. The lowest BCUT2D eigenvalue weighted by molar-refractivity contribution is -0.117. The number of benzene rings is 1. The van der Waals surface area contributed by atoms with Crippen molar-refractivity contribution in [3.8, 4) is 0 Å². The molecule has 1 aliphatic rings. The van der Waals surface area contributed by atoms with Crippen LogP contribution in [-0.2, 0) is 4.79 Å². The number of carbonyl (C=O) groups excluding carboxylic acids is 1. The molecule has 0 bridgehead atoms. The zero-order valence-corrected chi connectivity index (χ0v) is 14.6. The van der Waals surface area contributed by atoms with Crippen LogP contribution in [0.4, 0.5) is 5.69 Å². The van der Waals surface area contributed by atoms with Crippen molar-refractivity contribution >= 4 is 24.0 Å². The first kappa shape index (κ1) is 18.9. The number of anilines is 1. The van der Waals surface area contributed by atoms with Gasteiger partial charge in [0.15, 0.2) is 0 Å². The molecular formula is C17H28ClN3O. The van der Waals surface area contributed by atoms with Crippen LogP contribution in [-0.4, -0.2) is 43.5 Å². The zero-order valence-electron chi connectivity index (χ0n) is 13.8. The molecule has 2 N–H and O–H groups in total. The molecular weight excluding hydrogens is 298 g/mol. The van der Waals surface area contributed by atoms with Gasteiger partial charge in [-0.25, -0.2) is 0 Å². The fraction of sp³-hybridized carbons (Fsp3) is 0.588. The standard InChI is InChI=1S/C17H27N3O.ClH/c1-13(2)14-6-4-7-15(10-14)19-17(21)12-20-9-5-8-16(20)11-18-3;/h4,6-7,10,13,16,18H,5,8-9,11-12H2,1-3H3,(H,19,21);1H. The predicted octanol–water partition coefficient (Wildman–Crippen LogP) is 2.85. The van der Waals surface area contributed by atoms with E-state index in [2.05, 4.69) is 41.5 Å². The number of hydrogen-bond donors (Lipinski definition) is 2. The summed E-state index contributed by atoms with van der Waals surface area (Å²) in [6, 6.07) is 8.62. The van der Waals surface area contributed by atoms with Crippen molar-refractivity contribution in [3.63, 3.8) is 0 Å². The van der Waals surface area contributed by atoms with Gasteiger partial charge in [0.25, 0.3) is 0 Å². The van der Waals surface area contributed by atoms with Gasteiger partial charge in [-0.2, -0.15) is 0 Å². The molecule has 1 saturated heterocycles. The molecule has 2 rings (SSSR count). The van der Waals surface area contributed by atoms with Crippen molar-refractivity contribution in [2.24, 2.45) is 0 Å². The number of carbonyl (C=O) groups is 1. The Bertz CT molecular complexity index is 479. The summed E-state index contributed by atoms with van der Waals surface area (Å²) < 4.78 is 0. The molecule has 1 atom stereocenters. The molecule has 5 heteroatoms. The van der Waals surface area contributed by atoms with Crippen LogP contribution in [0.25, 0.3) is 0 Å². The van der Waals surface area contributed by atoms with E-state index in [1.54, 1.807) is 0 Å². The minimum Gasteiger partial charge on any atom is -0.325 e. The Kier molecular flexibility index (Phi) is 7.87.